The Morgan fingerprint density at radius 1 is 1.67 bits per heavy atom. The highest BCUT2D eigenvalue weighted by atomic mass is 16.2. The topological polar surface area (TPSA) is 68.0 Å². The van der Waals surface area contributed by atoms with Gasteiger partial charge in [-0.2, -0.15) is 0 Å². The van der Waals surface area contributed by atoms with Crippen molar-refractivity contribution >= 4 is 5.91 Å². The molecular weight excluding hydrogens is 154 g/mol. The highest BCUT2D eigenvalue weighted by Gasteiger charge is 2.13. The van der Waals surface area contributed by atoms with Crippen LogP contribution in [0.3, 0.4) is 0 Å². The van der Waals surface area contributed by atoms with E-state index >= 15 is 0 Å². The summed E-state index contributed by atoms with van der Waals surface area (Å²) in [6.45, 7) is 1.75. The lowest BCUT2D eigenvalue weighted by atomic mass is 10.1. The van der Waals surface area contributed by atoms with Crippen LogP contribution in [0.4, 0.5) is 0 Å². The van der Waals surface area contributed by atoms with E-state index in [0.717, 1.165) is 5.69 Å². The molecule has 0 saturated carbocycles. The molecule has 1 aromatic rings. The summed E-state index contributed by atoms with van der Waals surface area (Å²) in [6.07, 6.45) is 1.65. The smallest absolute Gasteiger partial charge is 0.242 e. The first-order chi connectivity index (χ1) is 5.75. The summed E-state index contributed by atoms with van der Waals surface area (Å²) in [4.78, 5) is 15.1. The molecule has 1 heterocycles. The van der Waals surface area contributed by atoms with Crippen molar-refractivity contribution < 1.29 is 4.79 Å². The molecule has 0 bridgehead atoms. The van der Waals surface area contributed by atoms with Gasteiger partial charge in [0.05, 0.1) is 11.6 Å². The maximum atomic E-state index is 11.0. The van der Waals surface area contributed by atoms with Gasteiger partial charge < -0.3 is 0 Å². The van der Waals surface area contributed by atoms with Crippen LogP contribution in [0, 0.1) is 0 Å². The molecule has 0 fully saturated rings. The summed E-state index contributed by atoms with van der Waals surface area (Å²) in [7, 11) is 0. The van der Waals surface area contributed by atoms with Gasteiger partial charge in [0.15, 0.2) is 0 Å². The molecule has 1 rings (SSSR count). The van der Waals surface area contributed by atoms with E-state index in [1.165, 1.54) is 0 Å². The summed E-state index contributed by atoms with van der Waals surface area (Å²) in [6, 6.07) is 5.43. The number of rotatable bonds is 2. The van der Waals surface area contributed by atoms with Crippen LogP contribution in [0.15, 0.2) is 24.4 Å². The van der Waals surface area contributed by atoms with Crippen molar-refractivity contribution in [2.75, 3.05) is 0 Å². The van der Waals surface area contributed by atoms with Crippen LogP contribution in [0.1, 0.15) is 18.5 Å². The van der Waals surface area contributed by atoms with Crippen LogP contribution in [0.5, 0.6) is 0 Å². The van der Waals surface area contributed by atoms with E-state index in [9.17, 15) is 4.79 Å². The van der Waals surface area contributed by atoms with Gasteiger partial charge in [0.25, 0.3) is 0 Å². The van der Waals surface area contributed by atoms with Crippen molar-refractivity contribution in [1.82, 2.24) is 10.4 Å². The number of amides is 1. The Labute approximate surface area is 70.8 Å². The molecule has 4 nitrogen and oxygen atoms in total. The maximum Gasteiger partial charge on any atom is 0.242 e. The van der Waals surface area contributed by atoms with Gasteiger partial charge in [-0.1, -0.05) is 6.07 Å². The summed E-state index contributed by atoms with van der Waals surface area (Å²) >= 11 is 0. The fourth-order valence-electron chi connectivity index (χ4n) is 0.891. The Hall–Kier alpha value is -1.42. The number of aromatic nitrogens is 1. The minimum atomic E-state index is -0.295. The number of pyridine rings is 1. The Morgan fingerprint density at radius 3 is 2.92 bits per heavy atom. The van der Waals surface area contributed by atoms with Gasteiger partial charge in [-0.15, -0.1) is 0 Å². The number of nitrogens with one attached hydrogen (secondary N) is 1. The van der Waals surface area contributed by atoms with Gasteiger partial charge >= 0.3 is 0 Å². The standard InChI is InChI=1S/C8H11N3O/c1-6(8(12)11-9)7-4-2-3-5-10-7/h2-6H,9H2,1H3,(H,11,12)/t6-/m0/s1. The molecule has 1 atom stereocenters. The average molecular weight is 165 g/mol. The zero-order chi connectivity index (χ0) is 8.97. The van der Waals surface area contributed by atoms with Crippen LogP contribution < -0.4 is 11.3 Å². The molecule has 0 radical (unpaired) electrons. The Kier molecular flexibility index (Phi) is 2.76. The third kappa shape index (κ3) is 1.79. The Morgan fingerprint density at radius 2 is 2.42 bits per heavy atom. The van der Waals surface area contributed by atoms with Gasteiger partial charge in [-0.25, -0.2) is 5.84 Å². The minimum Gasteiger partial charge on any atom is -0.294 e. The van der Waals surface area contributed by atoms with Gasteiger partial charge in [-0.3, -0.25) is 15.2 Å². The fourth-order valence-corrected chi connectivity index (χ4v) is 0.891. The van der Waals surface area contributed by atoms with Crippen molar-refractivity contribution in [2.45, 2.75) is 12.8 Å². The van der Waals surface area contributed by atoms with Crippen LogP contribution in [0.25, 0.3) is 0 Å². The van der Waals surface area contributed by atoms with E-state index < -0.39 is 0 Å². The zero-order valence-electron chi connectivity index (χ0n) is 6.82. The van der Waals surface area contributed by atoms with Crippen LogP contribution >= 0.6 is 0 Å². The molecule has 64 valence electrons. The van der Waals surface area contributed by atoms with Crippen molar-refractivity contribution in [3.05, 3.63) is 30.1 Å². The number of nitrogens with zero attached hydrogens (tertiary/aromatic N) is 1. The normalized spacial score (nSPS) is 12.2. The largest absolute Gasteiger partial charge is 0.294 e. The quantitative estimate of drug-likeness (QED) is 0.373. The molecule has 0 aliphatic carbocycles. The number of nitrogens with two attached hydrogens (primary N) is 1. The molecule has 0 spiro atoms. The molecule has 0 unspecified atom stereocenters. The van der Waals surface area contributed by atoms with Gasteiger partial charge in [-0.05, 0) is 19.1 Å². The first-order valence-corrected chi connectivity index (χ1v) is 3.67. The molecule has 0 aliphatic rings. The van der Waals surface area contributed by atoms with E-state index in [4.69, 9.17) is 5.84 Å². The van der Waals surface area contributed by atoms with Crippen LogP contribution in [-0.2, 0) is 4.79 Å². The summed E-state index contributed by atoms with van der Waals surface area (Å²) < 4.78 is 0. The molecule has 1 amide bonds. The predicted octanol–water partition coefficient (Wildman–Crippen LogP) is 0.175. The zero-order valence-corrected chi connectivity index (χ0v) is 6.82. The lowest BCUT2D eigenvalue weighted by Gasteiger charge is -2.07. The first kappa shape index (κ1) is 8.67. The second-order valence-corrected chi connectivity index (χ2v) is 2.48. The molecule has 0 saturated heterocycles. The highest BCUT2D eigenvalue weighted by molar-refractivity contribution is 5.82. The molecule has 4 heteroatoms. The maximum absolute atomic E-state index is 11.0. The van der Waals surface area contributed by atoms with E-state index in [1.54, 1.807) is 25.3 Å². The van der Waals surface area contributed by atoms with E-state index in [-0.39, 0.29) is 11.8 Å². The number of hydrogen-bond acceptors (Lipinski definition) is 3. The van der Waals surface area contributed by atoms with E-state index in [0.29, 0.717) is 0 Å². The number of hydrazine groups is 1. The van der Waals surface area contributed by atoms with Gasteiger partial charge in [0.1, 0.15) is 0 Å². The average Bonchev–Trinajstić information content (AvgIpc) is 2.17. The molecule has 12 heavy (non-hydrogen) atoms. The fraction of sp³-hybridized carbons (Fsp3) is 0.250. The molecule has 1 aromatic heterocycles. The van der Waals surface area contributed by atoms with Crippen molar-refractivity contribution in [3.63, 3.8) is 0 Å². The molecule has 0 aromatic carbocycles. The monoisotopic (exact) mass is 165 g/mol. The van der Waals surface area contributed by atoms with Crippen LogP contribution in [0.2, 0.25) is 0 Å². The highest BCUT2D eigenvalue weighted by Crippen LogP contribution is 2.10. The lowest BCUT2D eigenvalue weighted by molar-refractivity contribution is -0.122. The number of carbonyl (C=O) groups is 1. The SMILES string of the molecule is C[C@H](C(=O)NN)c1ccccn1. The molecular formula is C8H11N3O. The lowest BCUT2D eigenvalue weighted by Crippen LogP contribution is -2.33. The summed E-state index contributed by atoms with van der Waals surface area (Å²) in [5.74, 6) is 4.46. The Bertz CT molecular complexity index is 260. The first-order valence-electron chi connectivity index (χ1n) is 3.67. The van der Waals surface area contributed by atoms with E-state index in [2.05, 4.69) is 10.4 Å². The number of carbonyl (C=O) groups excluding carboxylic acids is 1. The summed E-state index contributed by atoms with van der Waals surface area (Å²) in [5, 5.41) is 0. The van der Waals surface area contributed by atoms with Gasteiger partial charge in [0, 0.05) is 6.20 Å². The third-order valence-electron chi connectivity index (χ3n) is 1.67. The second kappa shape index (κ2) is 3.82. The van der Waals surface area contributed by atoms with E-state index in [1.807, 2.05) is 6.07 Å². The molecule has 0 aliphatic heterocycles. The Balaban J connectivity index is 2.78. The third-order valence-corrected chi connectivity index (χ3v) is 1.67. The van der Waals surface area contributed by atoms with Crippen molar-refractivity contribution in [3.8, 4) is 0 Å². The second-order valence-electron chi connectivity index (χ2n) is 2.48. The van der Waals surface area contributed by atoms with Crippen molar-refractivity contribution in [2.24, 2.45) is 5.84 Å². The van der Waals surface area contributed by atoms with Crippen LogP contribution in [-0.4, -0.2) is 10.9 Å². The predicted molar refractivity (Wildman–Crippen MR) is 45.0 cm³/mol. The van der Waals surface area contributed by atoms with Crippen molar-refractivity contribution in [1.29, 1.82) is 0 Å². The van der Waals surface area contributed by atoms with Gasteiger partial charge in [0.2, 0.25) is 5.91 Å². The number of hydrogen-bond donors (Lipinski definition) is 2. The molecule has 3 N–H and O–H groups in total. The minimum absolute atomic E-state index is 0.228. The summed E-state index contributed by atoms with van der Waals surface area (Å²) in [5.41, 5.74) is 2.81.